The van der Waals surface area contributed by atoms with Gasteiger partial charge in [-0.25, -0.2) is 9.48 Å². The molecular formula is C15H18N2O3. The summed E-state index contributed by atoms with van der Waals surface area (Å²) in [5, 5.41) is 13.5. The maximum Gasteiger partial charge on any atom is 0.338 e. The van der Waals surface area contributed by atoms with Crippen molar-refractivity contribution < 1.29 is 14.6 Å². The van der Waals surface area contributed by atoms with Crippen LogP contribution < -0.4 is 0 Å². The molecule has 0 aliphatic rings. The molecule has 0 saturated heterocycles. The van der Waals surface area contributed by atoms with Crippen LogP contribution >= 0.6 is 0 Å². The van der Waals surface area contributed by atoms with Crippen LogP contribution in [0.25, 0.3) is 5.69 Å². The van der Waals surface area contributed by atoms with Gasteiger partial charge in [0.15, 0.2) is 0 Å². The lowest BCUT2D eigenvalue weighted by Crippen LogP contribution is -2.06. The first-order chi connectivity index (χ1) is 9.65. The largest absolute Gasteiger partial charge is 0.462 e. The Labute approximate surface area is 117 Å². The third-order valence-corrected chi connectivity index (χ3v) is 2.98. The van der Waals surface area contributed by atoms with Crippen molar-refractivity contribution in [1.29, 1.82) is 0 Å². The average molecular weight is 274 g/mol. The van der Waals surface area contributed by atoms with E-state index < -0.39 is 0 Å². The maximum atomic E-state index is 11.7. The zero-order chi connectivity index (χ0) is 14.5. The number of benzene rings is 1. The molecule has 106 valence electrons. The number of hydrogen-bond donors (Lipinski definition) is 1. The van der Waals surface area contributed by atoms with Gasteiger partial charge in [-0.1, -0.05) is 6.92 Å². The van der Waals surface area contributed by atoms with Crippen LogP contribution in [-0.2, 0) is 11.3 Å². The molecule has 1 aromatic heterocycles. The molecule has 1 N–H and O–H groups in total. The van der Waals surface area contributed by atoms with Gasteiger partial charge in [-0.3, -0.25) is 0 Å². The van der Waals surface area contributed by atoms with Gasteiger partial charge in [0.05, 0.1) is 30.2 Å². The minimum absolute atomic E-state index is 0.0345. The minimum Gasteiger partial charge on any atom is -0.462 e. The Morgan fingerprint density at radius 2 is 2.05 bits per heavy atom. The van der Waals surface area contributed by atoms with Gasteiger partial charge < -0.3 is 9.84 Å². The van der Waals surface area contributed by atoms with E-state index in [4.69, 9.17) is 9.84 Å². The molecule has 1 heterocycles. The quantitative estimate of drug-likeness (QED) is 0.849. The molecule has 0 aliphatic heterocycles. The van der Waals surface area contributed by atoms with Crippen molar-refractivity contribution >= 4 is 5.97 Å². The minimum atomic E-state index is -0.314. The summed E-state index contributed by atoms with van der Waals surface area (Å²) in [5.74, 6) is -0.314. The SMILES string of the molecule is CCCOC(=O)c1ccc(-n2cc(CO)c(C)n2)cc1. The number of carbonyl (C=O) groups excluding carboxylic acids is 1. The fraction of sp³-hybridized carbons (Fsp3) is 0.333. The number of aliphatic hydroxyl groups is 1. The van der Waals surface area contributed by atoms with Crippen LogP contribution in [0, 0.1) is 6.92 Å². The second-order valence-electron chi connectivity index (χ2n) is 4.53. The highest BCUT2D eigenvalue weighted by atomic mass is 16.5. The monoisotopic (exact) mass is 274 g/mol. The molecule has 0 spiro atoms. The molecule has 0 aliphatic carbocycles. The number of rotatable bonds is 5. The van der Waals surface area contributed by atoms with Crippen LogP contribution in [0.2, 0.25) is 0 Å². The summed E-state index contributed by atoms with van der Waals surface area (Å²) in [5.41, 5.74) is 2.93. The first-order valence-corrected chi connectivity index (χ1v) is 6.59. The molecule has 0 radical (unpaired) electrons. The Hall–Kier alpha value is -2.14. The van der Waals surface area contributed by atoms with E-state index in [0.29, 0.717) is 12.2 Å². The Morgan fingerprint density at radius 3 is 2.60 bits per heavy atom. The van der Waals surface area contributed by atoms with Crippen molar-refractivity contribution in [1.82, 2.24) is 9.78 Å². The van der Waals surface area contributed by atoms with Crippen molar-refractivity contribution in [3.63, 3.8) is 0 Å². The Kier molecular flexibility index (Phi) is 4.53. The lowest BCUT2D eigenvalue weighted by Gasteiger charge is -2.05. The number of aromatic nitrogens is 2. The number of esters is 1. The molecule has 5 heteroatoms. The summed E-state index contributed by atoms with van der Waals surface area (Å²) in [6.45, 7) is 4.19. The fourth-order valence-electron chi connectivity index (χ4n) is 1.81. The molecule has 0 atom stereocenters. The second-order valence-corrected chi connectivity index (χ2v) is 4.53. The molecule has 0 saturated carbocycles. The molecule has 0 amide bonds. The van der Waals surface area contributed by atoms with E-state index in [1.807, 2.05) is 13.8 Å². The van der Waals surface area contributed by atoms with Gasteiger partial charge in [-0.05, 0) is 37.6 Å². The van der Waals surface area contributed by atoms with Gasteiger partial charge in [0, 0.05) is 11.8 Å². The van der Waals surface area contributed by atoms with Crippen LogP contribution in [0.4, 0.5) is 0 Å². The first-order valence-electron chi connectivity index (χ1n) is 6.59. The van der Waals surface area contributed by atoms with Gasteiger partial charge in [-0.15, -0.1) is 0 Å². The summed E-state index contributed by atoms with van der Waals surface area (Å²) in [6, 6.07) is 7.03. The smallest absolute Gasteiger partial charge is 0.338 e. The summed E-state index contributed by atoms with van der Waals surface area (Å²) in [4.78, 5) is 11.7. The summed E-state index contributed by atoms with van der Waals surface area (Å²) in [6.07, 6.45) is 2.58. The van der Waals surface area contributed by atoms with Crippen LogP contribution in [0.1, 0.15) is 35.0 Å². The van der Waals surface area contributed by atoms with Crippen molar-refractivity contribution in [2.24, 2.45) is 0 Å². The fourth-order valence-corrected chi connectivity index (χ4v) is 1.81. The zero-order valence-electron chi connectivity index (χ0n) is 11.7. The van der Waals surface area contributed by atoms with E-state index in [0.717, 1.165) is 23.4 Å². The van der Waals surface area contributed by atoms with E-state index in [-0.39, 0.29) is 12.6 Å². The van der Waals surface area contributed by atoms with Crippen molar-refractivity contribution in [2.45, 2.75) is 26.9 Å². The van der Waals surface area contributed by atoms with Gasteiger partial charge in [-0.2, -0.15) is 5.10 Å². The van der Waals surface area contributed by atoms with Gasteiger partial charge in [0.1, 0.15) is 0 Å². The third-order valence-electron chi connectivity index (χ3n) is 2.98. The maximum absolute atomic E-state index is 11.7. The Morgan fingerprint density at radius 1 is 1.35 bits per heavy atom. The second kappa shape index (κ2) is 6.34. The molecule has 0 fully saturated rings. The Balaban J connectivity index is 2.17. The number of nitrogens with zero attached hydrogens (tertiary/aromatic N) is 2. The predicted molar refractivity (Wildman–Crippen MR) is 74.8 cm³/mol. The van der Waals surface area contributed by atoms with E-state index >= 15 is 0 Å². The van der Waals surface area contributed by atoms with Crippen molar-refractivity contribution in [3.05, 3.63) is 47.3 Å². The summed E-state index contributed by atoms with van der Waals surface area (Å²) in [7, 11) is 0. The molecular weight excluding hydrogens is 256 g/mol. The topological polar surface area (TPSA) is 64.3 Å². The highest BCUT2D eigenvalue weighted by Crippen LogP contribution is 2.13. The number of carbonyl (C=O) groups is 1. The predicted octanol–water partition coefficient (Wildman–Crippen LogP) is 2.24. The highest BCUT2D eigenvalue weighted by molar-refractivity contribution is 5.89. The molecule has 1 aromatic carbocycles. The zero-order valence-corrected chi connectivity index (χ0v) is 11.7. The molecule has 2 aromatic rings. The third kappa shape index (κ3) is 3.05. The first kappa shape index (κ1) is 14.3. The van der Waals surface area contributed by atoms with Crippen molar-refractivity contribution in [3.8, 4) is 5.69 Å². The van der Waals surface area contributed by atoms with Crippen LogP contribution in [0.3, 0.4) is 0 Å². The van der Waals surface area contributed by atoms with E-state index in [9.17, 15) is 4.79 Å². The van der Waals surface area contributed by atoms with Gasteiger partial charge in [0.25, 0.3) is 0 Å². The standard InChI is InChI=1S/C15H18N2O3/c1-3-8-20-15(19)12-4-6-14(7-5-12)17-9-13(10-18)11(2)16-17/h4-7,9,18H,3,8,10H2,1-2H3. The lowest BCUT2D eigenvalue weighted by molar-refractivity contribution is 0.0505. The van der Waals surface area contributed by atoms with E-state index in [1.165, 1.54) is 0 Å². The van der Waals surface area contributed by atoms with Crippen LogP contribution in [0.15, 0.2) is 30.5 Å². The van der Waals surface area contributed by atoms with Crippen LogP contribution in [-0.4, -0.2) is 27.5 Å². The van der Waals surface area contributed by atoms with Gasteiger partial charge >= 0.3 is 5.97 Å². The average Bonchev–Trinajstić information content (AvgIpc) is 2.86. The van der Waals surface area contributed by atoms with Crippen molar-refractivity contribution in [2.75, 3.05) is 6.61 Å². The molecule has 2 rings (SSSR count). The number of hydrogen-bond acceptors (Lipinski definition) is 4. The number of aryl methyl sites for hydroxylation is 1. The van der Waals surface area contributed by atoms with Crippen LogP contribution in [0.5, 0.6) is 0 Å². The lowest BCUT2D eigenvalue weighted by atomic mass is 10.2. The summed E-state index contributed by atoms with van der Waals surface area (Å²) >= 11 is 0. The molecule has 0 bridgehead atoms. The van der Waals surface area contributed by atoms with Gasteiger partial charge in [0.2, 0.25) is 0 Å². The normalized spacial score (nSPS) is 10.6. The number of aliphatic hydroxyl groups excluding tert-OH is 1. The summed E-state index contributed by atoms with van der Waals surface area (Å²) < 4.78 is 6.75. The molecule has 0 unspecified atom stereocenters. The number of ether oxygens (including phenoxy) is 1. The Bertz CT molecular complexity index is 588. The molecule has 5 nitrogen and oxygen atoms in total. The van der Waals surface area contributed by atoms with E-state index in [2.05, 4.69) is 5.10 Å². The molecule has 20 heavy (non-hydrogen) atoms. The highest BCUT2D eigenvalue weighted by Gasteiger charge is 2.08. The van der Waals surface area contributed by atoms with E-state index in [1.54, 1.807) is 35.1 Å².